The maximum atomic E-state index is 13.2. The van der Waals surface area contributed by atoms with Crippen molar-refractivity contribution in [1.29, 1.82) is 0 Å². The zero-order chi connectivity index (χ0) is 24.2. The molecule has 34 heavy (non-hydrogen) atoms. The third-order valence-electron chi connectivity index (χ3n) is 6.54. The van der Waals surface area contributed by atoms with Crippen LogP contribution in [0, 0.1) is 0 Å². The lowest BCUT2D eigenvalue weighted by molar-refractivity contribution is -0.135. The fourth-order valence-electron chi connectivity index (χ4n) is 4.98. The van der Waals surface area contributed by atoms with Gasteiger partial charge >= 0.3 is 5.97 Å². The number of para-hydroxylation sites is 1. The van der Waals surface area contributed by atoms with Crippen molar-refractivity contribution in [2.45, 2.75) is 45.4 Å². The van der Waals surface area contributed by atoms with Gasteiger partial charge in [0.15, 0.2) is 0 Å². The van der Waals surface area contributed by atoms with E-state index in [0.29, 0.717) is 25.2 Å². The number of nitrogens with zero attached hydrogens (tertiary/aromatic N) is 3. The van der Waals surface area contributed by atoms with Crippen LogP contribution in [0.1, 0.15) is 53.9 Å². The van der Waals surface area contributed by atoms with E-state index in [9.17, 15) is 14.4 Å². The van der Waals surface area contributed by atoms with Gasteiger partial charge in [0.05, 0.1) is 24.6 Å². The van der Waals surface area contributed by atoms with Crippen LogP contribution < -0.4 is 0 Å². The van der Waals surface area contributed by atoms with E-state index < -0.39 is 5.60 Å². The minimum absolute atomic E-state index is 0.0126. The van der Waals surface area contributed by atoms with Gasteiger partial charge in [0.25, 0.3) is 0 Å². The summed E-state index contributed by atoms with van der Waals surface area (Å²) in [6.07, 6.45) is 0. The predicted octanol–water partition coefficient (Wildman–Crippen LogP) is 3.54. The molecular weight excluding hydrogens is 430 g/mol. The summed E-state index contributed by atoms with van der Waals surface area (Å²) in [4.78, 5) is 41.7. The van der Waals surface area contributed by atoms with E-state index in [4.69, 9.17) is 4.74 Å². The van der Waals surface area contributed by atoms with Crippen LogP contribution in [0.5, 0.6) is 0 Å². The van der Waals surface area contributed by atoms with Gasteiger partial charge in [0, 0.05) is 36.7 Å². The molecular formula is C27H29N3O4. The van der Waals surface area contributed by atoms with Gasteiger partial charge in [-0.15, -0.1) is 0 Å². The molecule has 7 heteroatoms. The number of esters is 1. The average molecular weight is 460 g/mol. The van der Waals surface area contributed by atoms with Crippen molar-refractivity contribution in [3.63, 3.8) is 0 Å². The van der Waals surface area contributed by atoms with Crippen LogP contribution in [-0.4, -0.2) is 57.9 Å². The second kappa shape index (κ2) is 8.01. The van der Waals surface area contributed by atoms with Gasteiger partial charge in [0.1, 0.15) is 5.60 Å². The van der Waals surface area contributed by atoms with Crippen LogP contribution in [0.25, 0.3) is 10.9 Å². The average Bonchev–Trinajstić information content (AvgIpc) is 3.07. The van der Waals surface area contributed by atoms with Gasteiger partial charge in [-0.1, -0.05) is 30.3 Å². The smallest absolute Gasteiger partial charge is 0.338 e. The van der Waals surface area contributed by atoms with Crippen molar-refractivity contribution in [3.05, 3.63) is 70.9 Å². The number of aromatic nitrogens is 1. The lowest BCUT2D eigenvalue weighted by atomic mass is 9.91. The molecule has 0 N–H and O–H groups in total. The Morgan fingerprint density at radius 3 is 2.44 bits per heavy atom. The Bertz CT molecular complexity index is 1300. The van der Waals surface area contributed by atoms with Gasteiger partial charge in [-0.05, 0) is 50.1 Å². The lowest BCUT2D eigenvalue weighted by Gasteiger charge is -2.30. The molecule has 1 fully saturated rings. The molecule has 1 aromatic heterocycles. The van der Waals surface area contributed by atoms with Crippen LogP contribution in [0.15, 0.2) is 48.5 Å². The minimum Gasteiger partial charge on any atom is -0.456 e. The van der Waals surface area contributed by atoms with E-state index in [1.54, 1.807) is 29.0 Å². The van der Waals surface area contributed by atoms with Crippen LogP contribution in [0.3, 0.4) is 0 Å². The zero-order valence-corrected chi connectivity index (χ0v) is 20.0. The first-order valence-corrected chi connectivity index (χ1v) is 11.6. The maximum absolute atomic E-state index is 13.2. The Morgan fingerprint density at radius 2 is 1.74 bits per heavy atom. The third kappa shape index (κ3) is 3.85. The van der Waals surface area contributed by atoms with Crippen molar-refractivity contribution in [2.75, 3.05) is 20.1 Å². The molecule has 5 rings (SSSR count). The second-order valence-electron chi connectivity index (χ2n) is 10.2. The van der Waals surface area contributed by atoms with Gasteiger partial charge in [-0.2, -0.15) is 0 Å². The number of carbonyl (C=O) groups is 3. The summed E-state index contributed by atoms with van der Waals surface area (Å²) in [5, 5.41) is 1.06. The summed E-state index contributed by atoms with van der Waals surface area (Å²) in [5.74, 6) is -0.745. The van der Waals surface area contributed by atoms with Crippen molar-refractivity contribution >= 4 is 28.7 Å². The molecule has 1 atom stereocenters. The molecule has 7 nitrogen and oxygen atoms in total. The summed E-state index contributed by atoms with van der Waals surface area (Å²) in [7, 11) is 1.70. The first-order chi connectivity index (χ1) is 16.1. The van der Waals surface area contributed by atoms with Gasteiger partial charge in [-0.25, -0.2) is 4.79 Å². The van der Waals surface area contributed by atoms with Crippen molar-refractivity contribution < 1.29 is 19.1 Å². The fourth-order valence-corrected chi connectivity index (χ4v) is 4.98. The highest BCUT2D eigenvalue weighted by atomic mass is 16.6. The largest absolute Gasteiger partial charge is 0.456 e. The molecule has 2 aliphatic heterocycles. The molecule has 0 radical (unpaired) electrons. The van der Waals surface area contributed by atoms with E-state index in [1.165, 1.54) is 0 Å². The number of ether oxygens (including phenoxy) is 1. The fraction of sp³-hybridized carbons (Fsp3) is 0.370. The number of carbonyl (C=O) groups excluding carboxylic acids is 3. The molecule has 2 aliphatic rings. The second-order valence-corrected chi connectivity index (χ2v) is 10.2. The van der Waals surface area contributed by atoms with Crippen molar-refractivity contribution in [2.24, 2.45) is 0 Å². The molecule has 1 saturated heterocycles. The number of hydrogen-bond donors (Lipinski definition) is 0. The molecule has 3 aromatic rings. The van der Waals surface area contributed by atoms with Gasteiger partial charge in [0.2, 0.25) is 11.8 Å². The molecule has 2 aromatic carbocycles. The highest BCUT2D eigenvalue weighted by Gasteiger charge is 2.41. The first-order valence-electron chi connectivity index (χ1n) is 11.6. The summed E-state index contributed by atoms with van der Waals surface area (Å²) in [6.45, 7) is 7.14. The van der Waals surface area contributed by atoms with Gasteiger partial charge in [-0.3, -0.25) is 9.59 Å². The van der Waals surface area contributed by atoms with Crippen LogP contribution in [-0.2, 0) is 27.4 Å². The number of amides is 2. The van der Waals surface area contributed by atoms with E-state index >= 15 is 0 Å². The lowest BCUT2D eigenvalue weighted by Crippen LogP contribution is -2.38. The standard InChI is InChI=1S/C27H29N3O4/c1-27(2,3)34-26(33)18-11-9-17(10-12-18)13-30-21-8-6-5-7-19(21)24-20-14-29(15-22(24)30)23(31)16-28(4)25(20)32/h5-12,20H,13-16H2,1-4H3. The maximum Gasteiger partial charge on any atom is 0.338 e. The SMILES string of the molecule is CN1CC(=O)N2Cc3c(c4ccccc4n3Cc3ccc(C(=O)OC(C)(C)C)cc3)C(C2)C1=O. The quantitative estimate of drug-likeness (QED) is 0.562. The molecule has 1 unspecified atom stereocenters. The first kappa shape index (κ1) is 22.2. The van der Waals surface area contributed by atoms with E-state index in [-0.39, 0.29) is 30.2 Å². The molecule has 2 amide bonds. The minimum atomic E-state index is -0.548. The number of hydrogen-bond acceptors (Lipinski definition) is 4. The van der Waals surface area contributed by atoms with Crippen molar-refractivity contribution in [1.82, 2.24) is 14.4 Å². The highest BCUT2D eigenvalue weighted by molar-refractivity contribution is 5.98. The Balaban J connectivity index is 1.54. The molecule has 0 aliphatic carbocycles. The number of likely N-dealkylation sites (N-methyl/N-ethyl adjacent to an activating group) is 1. The topological polar surface area (TPSA) is 71.8 Å². The molecule has 2 bridgehead atoms. The number of rotatable bonds is 3. The Morgan fingerprint density at radius 1 is 1.03 bits per heavy atom. The normalized spacial score (nSPS) is 18.2. The summed E-state index contributed by atoms with van der Waals surface area (Å²) < 4.78 is 7.67. The van der Waals surface area contributed by atoms with E-state index in [1.807, 2.05) is 45.0 Å². The Hall–Kier alpha value is -3.61. The Labute approximate surface area is 198 Å². The summed E-state index contributed by atoms with van der Waals surface area (Å²) in [6, 6.07) is 15.5. The van der Waals surface area contributed by atoms with Crippen LogP contribution in [0.4, 0.5) is 0 Å². The third-order valence-corrected chi connectivity index (χ3v) is 6.54. The Kier molecular flexibility index (Phi) is 5.23. The molecule has 0 saturated carbocycles. The zero-order valence-electron chi connectivity index (χ0n) is 20.0. The monoisotopic (exact) mass is 459 g/mol. The van der Waals surface area contributed by atoms with Crippen molar-refractivity contribution in [3.8, 4) is 0 Å². The van der Waals surface area contributed by atoms with E-state index in [2.05, 4.69) is 16.7 Å². The summed E-state index contributed by atoms with van der Waals surface area (Å²) >= 11 is 0. The van der Waals surface area contributed by atoms with Crippen LogP contribution in [0.2, 0.25) is 0 Å². The molecule has 0 spiro atoms. The molecule has 176 valence electrons. The van der Waals surface area contributed by atoms with Crippen LogP contribution >= 0.6 is 0 Å². The molecule has 3 heterocycles. The number of fused-ring (bicyclic) bond motifs is 6. The highest BCUT2D eigenvalue weighted by Crippen LogP contribution is 2.39. The van der Waals surface area contributed by atoms with E-state index in [0.717, 1.165) is 27.7 Å². The number of benzene rings is 2. The van der Waals surface area contributed by atoms with Gasteiger partial charge < -0.3 is 19.1 Å². The summed E-state index contributed by atoms with van der Waals surface area (Å²) in [5.41, 5.74) is 4.06. The predicted molar refractivity (Wildman–Crippen MR) is 128 cm³/mol.